The number of amides is 1. The van der Waals surface area contributed by atoms with E-state index in [1.807, 2.05) is 0 Å². The molecule has 3 aliphatic rings. The van der Waals surface area contributed by atoms with Gasteiger partial charge in [0.15, 0.2) is 0 Å². The predicted octanol–water partition coefficient (Wildman–Crippen LogP) is 3.01. The highest BCUT2D eigenvalue weighted by Crippen LogP contribution is 2.42. The Morgan fingerprint density at radius 1 is 0.900 bits per heavy atom. The number of nitrogens with two attached hydrogens (primary N) is 1. The summed E-state index contributed by atoms with van der Waals surface area (Å²) in [5.41, 5.74) is 6.30. The summed E-state index contributed by atoms with van der Waals surface area (Å²) < 4.78 is 0. The maximum atomic E-state index is 12.5. The minimum Gasteiger partial charge on any atom is -0.353 e. The molecule has 0 spiro atoms. The van der Waals surface area contributed by atoms with Crippen molar-refractivity contribution < 1.29 is 4.79 Å². The molecule has 0 radical (unpaired) electrons. The largest absolute Gasteiger partial charge is 0.353 e. The minimum absolute atomic E-state index is 0. The van der Waals surface area contributed by atoms with Crippen molar-refractivity contribution >= 4 is 18.3 Å². The molecule has 3 fully saturated rings. The maximum absolute atomic E-state index is 12.5. The van der Waals surface area contributed by atoms with Gasteiger partial charge in [-0.3, -0.25) is 4.79 Å². The number of nitrogens with one attached hydrogen (secondary N) is 1. The first-order valence-corrected chi connectivity index (χ1v) is 8.30. The fourth-order valence-corrected chi connectivity index (χ4v) is 4.57. The molecule has 20 heavy (non-hydrogen) atoms. The van der Waals surface area contributed by atoms with Gasteiger partial charge in [-0.05, 0) is 50.4 Å². The average Bonchev–Trinajstić information content (AvgIpc) is 2.39. The highest BCUT2D eigenvalue weighted by Gasteiger charge is 2.40. The molecule has 4 heteroatoms. The summed E-state index contributed by atoms with van der Waals surface area (Å²) in [5, 5.41) is 3.31. The zero-order chi connectivity index (χ0) is 13.2. The van der Waals surface area contributed by atoms with Crippen molar-refractivity contribution in [1.29, 1.82) is 0 Å². The molecule has 1 amide bonds. The van der Waals surface area contributed by atoms with E-state index in [4.69, 9.17) is 5.73 Å². The Bertz CT molecular complexity index is 316. The second-order valence-electron chi connectivity index (χ2n) is 7.04. The Hall–Kier alpha value is -0.280. The summed E-state index contributed by atoms with van der Waals surface area (Å²) in [6, 6.07) is 0.823. The molecule has 3 N–H and O–H groups in total. The standard InChI is InChI=1S/C16H28N2O.ClH/c17-15-11-5-4-6-12(15)10-13(9-11)16(19)18-14-7-2-1-3-8-14;/h11-15H,1-10,17H2,(H,18,19);1H. The molecule has 0 saturated heterocycles. The summed E-state index contributed by atoms with van der Waals surface area (Å²) in [5.74, 6) is 1.79. The van der Waals surface area contributed by atoms with Crippen LogP contribution < -0.4 is 11.1 Å². The lowest BCUT2D eigenvalue weighted by Gasteiger charge is -2.43. The molecule has 3 saturated carbocycles. The lowest BCUT2D eigenvalue weighted by atomic mass is 9.65. The van der Waals surface area contributed by atoms with Crippen LogP contribution in [0.3, 0.4) is 0 Å². The van der Waals surface area contributed by atoms with Crippen molar-refractivity contribution in [3.05, 3.63) is 0 Å². The molecule has 3 nitrogen and oxygen atoms in total. The van der Waals surface area contributed by atoms with E-state index in [1.165, 1.54) is 51.4 Å². The van der Waals surface area contributed by atoms with E-state index in [0.717, 1.165) is 12.8 Å². The lowest BCUT2D eigenvalue weighted by Crippen LogP contribution is -2.50. The second-order valence-corrected chi connectivity index (χ2v) is 7.04. The Morgan fingerprint density at radius 2 is 1.50 bits per heavy atom. The third-order valence-corrected chi connectivity index (χ3v) is 5.74. The molecule has 2 atom stereocenters. The topological polar surface area (TPSA) is 55.1 Å². The van der Waals surface area contributed by atoms with Crippen LogP contribution >= 0.6 is 12.4 Å². The summed E-state index contributed by atoms with van der Waals surface area (Å²) >= 11 is 0. The van der Waals surface area contributed by atoms with Gasteiger partial charge in [0.2, 0.25) is 5.91 Å². The molecule has 0 aliphatic heterocycles. The molecule has 0 aromatic rings. The first-order chi connectivity index (χ1) is 9.24. The number of hydrogen-bond acceptors (Lipinski definition) is 2. The highest BCUT2D eigenvalue weighted by atomic mass is 35.5. The van der Waals surface area contributed by atoms with Crippen molar-refractivity contribution in [2.75, 3.05) is 0 Å². The molecular weight excluding hydrogens is 272 g/mol. The summed E-state index contributed by atoms with van der Waals surface area (Å²) in [7, 11) is 0. The van der Waals surface area contributed by atoms with Gasteiger partial charge in [0.1, 0.15) is 0 Å². The van der Waals surface area contributed by atoms with Crippen molar-refractivity contribution in [3.63, 3.8) is 0 Å². The second kappa shape index (κ2) is 7.13. The number of hydrogen-bond donors (Lipinski definition) is 2. The van der Waals surface area contributed by atoms with Crippen LogP contribution in [-0.2, 0) is 4.79 Å². The van der Waals surface area contributed by atoms with Crippen LogP contribution in [0.25, 0.3) is 0 Å². The van der Waals surface area contributed by atoms with Crippen molar-refractivity contribution in [2.45, 2.75) is 76.3 Å². The van der Waals surface area contributed by atoms with Gasteiger partial charge < -0.3 is 11.1 Å². The van der Waals surface area contributed by atoms with Gasteiger partial charge in [0.05, 0.1) is 0 Å². The van der Waals surface area contributed by atoms with Crippen LogP contribution in [-0.4, -0.2) is 18.0 Å². The van der Waals surface area contributed by atoms with Gasteiger partial charge in [0.25, 0.3) is 0 Å². The Kier molecular flexibility index (Phi) is 5.74. The fraction of sp³-hybridized carbons (Fsp3) is 0.938. The SMILES string of the molecule is Cl.NC1C2CCCC1CC(C(=O)NC1CCCCC1)C2. The van der Waals surface area contributed by atoms with Gasteiger partial charge in [0, 0.05) is 18.0 Å². The zero-order valence-electron chi connectivity index (χ0n) is 12.4. The van der Waals surface area contributed by atoms with E-state index in [-0.39, 0.29) is 18.3 Å². The summed E-state index contributed by atoms with van der Waals surface area (Å²) in [4.78, 5) is 12.5. The van der Waals surface area contributed by atoms with Gasteiger partial charge in [-0.15, -0.1) is 12.4 Å². The lowest BCUT2D eigenvalue weighted by molar-refractivity contribution is -0.128. The monoisotopic (exact) mass is 300 g/mol. The number of carbonyl (C=O) groups is 1. The van der Waals surface area contributed by atoms with Crippen LogP contribution in [0, 0.1) is 17.8 Å². The van der Waals surface area contributed by atoms with Crippen molar-refractivity contribution in [3.8, 4) is 0 Å². The van der Waals surface area contributed by atoms with Crippen molar-refractivity contribution in [1.82, 2.24) is 5.32 Å². The Morgan fingerprint density at radius 3 is 2.10 bits per heavy atom. The quantitative estimate of drug-likeness (QED) is 0.823. The van der Waals surface area contributed by atoms with E-state index in [1.54, 1.807) is 0 Å². The van der Waals surface area contributed by atoms with Crippen molar-refractivity contribution in [2.24, 2.45) is 23.5 Å². The Labute approximate surface area is 128 Å². The summed E-state index contributed by atoms with van der Waals surface area (Å²) in [6.45, 7) is 0. The van der Waals surface area contributed by atoms with E-state index < -0.39 is 0 Å². The molecule has 2 bridgehead atoms. The van der Waals surface area contributed by atoms with Gasteiger partial charge in [-0.2, -0.15) is 0 Å². The molecule has 0 aromatic heterocycles. The third kappa shape index (κ3) is 3.48. The highest BCUT2D eigenvalue weighted by molar-refractivity contribution is 5.85. The number of carbonyl (C=O) groups excluding carboxylic acids is 1. The van der Waals surface area contributed by atoms with Gasteiger partial charge in [-0.25, -0.2) is 0 Å². The van der Waals surface area contributed by atoms with E-state index in [2.05, 4.69) is 5.32 Å². The fourth-order valence-electron chi connectivity index (χ4n) is 4.57. The van der Waals surface area contributed by atoms with Gasteiger partial charge >= 0.3 is 0 Å². The molecular formula is C16H29ClN2O. The van der Waals surface area contributed by atoms with E-state index >= 15 is 0 Å². The first kappa shape index (κ1) is 16.1. The van der Waals surface area contributed by atoms with Crippen LogP contribution in [0.4, 0.5) is 0 Å². The van der Waals surface area contributed by atoms with Crippen LogP contribution in [0.15, 0.2) is 0 Å². The van der Waals surface area contributed by atoms with E-state index in [9.17, 15) is 4.79 Å². The number of halogens is 1. The Balaban J connectivity index is 0.00000147. The average molecular weight is 301 g/mol. The van der Waals surface area contributed by atoms with E-state index in [0.29, 0.717) is 29.8 Å². The molecule has 0 heterocycles. The third-order valence-electron chi connectivity index (χ3n) is 5.74. The number of rotatable bonds is 2. The van der Waals surface area contributed by atoms with Crippen LogP contribution in [0.5, 0.6) is 0 Å². The smallest absolute Gasteiger partial charge is 0.223 e. The normalized spacial score (nSPS) is 37.9. The first-order valence-electron chi connectivity index (χ1n) is 8.30. The van der Waals surface area contributed by atoms with Crippen LogP contribution in [0.2, 0.25) is 0 Å². The molecule has 3 rings (SSSR count). The molecule has 0 aromatic carbocycles. The summed E-state index contributed by atoms with van der Waals surface area (Å²) in [6.07, 6.45) is 12.2. The molecule has 116 valence electrons. The minimum atomic E-state index is 0. The predicted molar refractivity (Wildman–Crippen MR) is 83.8 cm³/mol. The number of fused-ring (bicyclic) bond motifs is 2. The maximum Gasteiger partial charge on any atom is 0.223 e. The van der Waals surface area contributed by atoms with Crippen LogP contribution in [0.1, 0.15) is 64.2 Å². The zero-order valence-corrected chi connectivity index (χ0v) is 13.2. The molecule has 2 unspecified atom stereocenters. The van der Waals surface area contributed by atoms with Gasteiger partial charge in [-0.1, -0.05) is 25.7 Å². The molecule has 3 aliphatic carbocycles.